The van der Waals surface area contributed by atoms with Crippen LogP contribution in [0, 0.1) is 0 Å². The molecule has 80 valence electrons. The number of benzene rings is 1. The molecule has 0 aliphatic carbocycles. The first-order valence-electron chi connectivity index (χ1n) is 4.89. The molecule has 1 unspecified atom stereocenters. The molecule has 1 aliphatic heterocycles. The minimum Gasteiger partial charge on any atom is -0.422 e. The first-order valence-corrected chi connectivity index (χ1v) is 5.77. The Morgan fingerprint density at radius 2 is 2.27 bits per heavy atom. The van der Waals surface area contributed by atoms with Crippen LogP contribution in [-0.2, 0) is 9.47 Å². The number of fused-ring (bicyclic) bond motifs is 1. The Balaban J connectivity index is 2.12. The Labute approximate surface area is 92.8 Å². The van der Waals surface area contributed by atoms with E-state index in [-0.39, 0.29) is 5.97 Å². The summed E-state index contributed by atoms with van der Waals surface area (Å²) in [5.41, 5.74) is 0.131. The molecular formula is C11H12O3S. The first kappa shape index (κ1) is 10.5. The van der Waals surface area contributed by atoms with E-state index in [9.17, 15) is 4.79 Å². The Bertz CT molecular complexity index is 365. The molecule has 0 saturated carbocycles. The second-order valence-electron chi connectivity index (χ2n) is 3.18. The Kier molecular flexibility index (Phi) is 3.28. The van der Waals surface area contributed by atoms with Gasteiger partial charge in [0.15, 0.2) is 0 Å². The van der Waals surface area contributed by atoms with Gasteiger partial charge >= 0.3 is 5.97 Å². The van der Waals surface area contributed by atoms with E-state index in [0.717, 1.165) is 11.3 Å². The SMILES string of the molecule is CCCOC1OC(=O)c2ccccc2S1. The zero-order valence-electron chi connectivity index (χ0n) is 8.43. The molecule has 0 saturated heterocycles. The summed E-state index contributed by atoms with van der Waals surface area (Å²) in [4.78, 5) is 12.5. The van der Waals surface area contributed by atoms with Gasteiger partial charge in [0, 0.05) is 4.90 Å². The fourth-order valence-electron chi connectivity index (χ4n) is 1.30. The van der Waals surface area contributed by atoms with Crippen LogP contribution in [0.1, 0.15) is 23.7 Å². The van der Waals surface area contributed by atoms with E-state index in [1.807, 2.05) is 25.1 Å². The van der Waals surface area contributed by atoms with Gasteiger partial charge < -0.3 is 9.47 Å². The number of thioether (sulfide) groups is 1. The van der Waals surface area contributed by atoms with Gasteiger partial charge in [0.1, 0.15) is 0 Å². The summed E-state index contributed by atoms with van der Waals surface area (Å²) >= 11 is 1.44. The smallest absolute Gasteiger partial charge is 0.342 e. The lowest BCUT2D eigenvalue weighted by atomic mass is 10.2. The lowest BCUT2D eigenvalue weighted by molar-refractivity contribution is -0.0567. The molecule has 1 aromatic rings. The highest BCUT2D eigenvalue weighted by Gasteiger charge is 2.26. The molecule has 1 heterocycles. The van der Waals surface area contributed by atoms with Crippen molar-refractivity contribution in [1.29, 1.82) is 0 Å². The van der Waals surface area contributed by atoms with Crippen LogP contribution >= 0.6 is 11.8 Å². The molecule has 1 aromatic carbocycles. The first-order chi connectivity index (χ1) is 7.31. The van der Waals surface area contributed by atoms with E-state index >= 15 is 0 Å². The molecule has 15 heavy (non-hydrogen) atoms. The summed E-state index contributed by atoms with van der Waals surface area (Å²) in [6.07, 6.45) is 0.913. The minimum absolute atomic E-state index is 0.301. The second-order valence-corrected chi connectivity index (χ2v) is 4.24. The van der Waals surface area contributed by atoms with Crippen LogP contribution in [-0.4, -0.2) is 18.2 Å². The zero-order chi connectivity index (χ0) is 10.7. The summed E-state index contributed by atoms with van der Waals surface area (Å²) in [7, 11) is 0. The van der Waals surface area contributed by atoms with Crippen LogP contribution in [0.3, 0.4) is 0 Å². The maximum Gasteiger partial charge on any atom is 0.342 e. The van der Waals surface area contributed by atoms with Crippen molar-refractivity contribution in [2.24, 2.45) is 0 Å². The molecule has 4 heteroatoms. The Hall–Kier alpha value is -1.00. The standard InChI is InChI=1S/C11H12O3S/c1-2-7-13-11-14-10(12)8-5-3-4-6-9(8)15-11/h3-6,11H,2,7H2,1H3. The van der Waals surface area contributed by atoms with E-state index in [2.05, 4.69) is 0 Å². The predicted molar refractivity (Wildman–Crippen MR) is 57.7 cm³/mol. The monoisotopic (exact) mass is 224 g/mol. The van der Waals surface area contributed by atoms with Gasteiger partial charge in [-0.2, -0.15) is 0 Å². The maximum absolute atomic E-state index is 11.5. The van der Waals surface area contributed by atoms with Crippen LogP contribution in [0.15, 0.2) is 29.2 Å². The van der Waals surface area contributed by atoms with E-state index in [1.165, 1.54) is 11.8 Å². The lowest BCUT2D eigenvalue weighted by Gasteiger charge is -2.23. The largest absolute Gasteiger partial charge is 0.422 e. The normalized spacial score (nSPS) is 19.5. The summed E-state index contributed by atoms with van der Waals surface area (Å²) in [5, 5.41) is 0. The second kappa shape index (κ2) is 4.68. The highest BCUT2D eigenvalue weighted by atomic mass is 32.2. The average Bonchev–Trinajstić information content (AvgIpc) is 2.26. The van der Waals surface area contributed by atoms with Crippen molar-refractivity contribution >= 4 is 17.7 Å². The van der Waals surface area contributed by atoms with Crippen molar-refractivity contribution in [3.8, 4) is 0 Å². The molecule has 1 atom stereocenters. The summed E-state index contributed by atoms with van der Waals surface area (Å²) < 4.78 is 10.5. The van der Waals surface area contributed by atoms with Crippen molar-refractivity contribution in [3.05, 3.63) is 29.8 Å². The molecule has 1 aliphatic rings. The molecule has 3 nitrogen and oxygen atoms in total. The summed E-state index contributed by atoms with van der Waals surface area (Å²) in [6, 6.07) is 7.40. The molecule has 0 fully saturated rings. The van der Waals surface area contributed by atoms with E-state index in [0.29, 0.717) is 12.2 Å². The van der Waals surface area contributed by atoms with E-state index < -0.39 is 5.62 Å². The van der Waals surface area contributed by atoms with E-state index in [1.54, 1.807) is 6.07 Å². The lowest BCUT2D eigenvalue weighted by Crippen LogP contribution is -2.23. The minimum atomic E-state index is -0.493. The van der Waals surface area contributed by atoms with Gasteiger partial charge in [-0.25, -0.2) is 4.79 Å². The fourth-order valence-corrected chi connectivity index (χ4v) is 2.24. The number of rotatable bonds is 3. The number of esters is 1. The summed E-state index contributed by atoms with van der Waals surface area (Å²) in [6.45, 7) is 2.62. The molecule has 0 bridgehead atoms. The molecule has 0 radical (unpaired) electrons. The van der Waals surface area contributed by atoms with Crippen LogP contribution in [0.5, 0.6) is 0 Å². The molecule has 0 amide bonds. The third kappa shape index (κ3) is 2.33. The number of cyclic esters (lactones) is 1. The van der Waals surface area contributed by atoms with Gasteiger partial charge in [0.2, 0.25) is 0 Å². The molecule has 0 aromatic heterocycles. The van der Waals surface area contributed by atoms with Crippen molar-refractivity contribution in [2.45, 2.75) is 23.9 Å². The predicted octanol–water partition coefficient (Wildman–Crippen LogP) is 2.66. The van der Waals surface area contributed by atoms with Crippen LogP contribution in [0.4, 0.5) is 0 Å². The van der Waals surface area contributed by atoms with Gasteiger partial charge in [-0.3, -0.25) is 0 Å². The Morgan fingerprint density at radius 1 is 1.47 bits per heavy atom. The maximum atomic E-state index is 11.5. The number of hydrogen-bond donors (Lipinski definition) is 0. The fraction of sp³-hybridized carbons (Fsp3) is 0.364. The number of hydrogen-bond acceptors (Lipinski definition) is 4. The van der Waals surface area contributed by atoms with Crippen molar-refractivity contribution in [1.82, 2.24) is 0 Å². The van der Waals surface area contributed by atoms with Gasteiger partial charge in [-0.15, -0.1) is 0 Å². The average molecular weight is 224 g/mol. The van der Waals surface area contributed by atoms with Gasteiger partial charge in [0.25, 0.3) is 5.62 Å². The van der Waals surface area contributed by atoms with Gasteiger partial charge in [0.05, 0.1) is 12.2 Å². The number of carbonyl (C=O) groups is 1. The molecule has 0 spiro atoms. The van der Waals surface area contributed by atoms with Crippen LogP contribution in [0.2, 0.25) is 0 Å². The topological polar surface area (TPSA) is 35.5 Å². The number of ether oxygens (including phenoxy) is 2. The van der Waals surface area contributed by atoms with Crippen molar-refractivity contribution in [2.75, 3.05) is 6.61 Å². The van der Waals surface area contributed by atoms with Crippen LogP contribution < -0.4 is 0 Å². The highest BCUT2D eigenvalue weighted by molar-refractivity contribution is 7.99. The third-order valence-electron chi connectivity index (χ3n) is 1.99. The van der Waals surface area contributed by atoms with Crippen LogP contribution in [0.25, 0.3) is 0 Å². The number of carbonyl (C=O) groups excluding carboxylic acids is 1. The van der Waals surface area contributed by atoms with Crippen molar-refractivity contribution < 1.29 is 14.3 Å². The third-order valence-corrected chi connectivity index (χ3v) is 3.03. The Morgan fingerprint density at radius 3 is 3.07 bits per heavy atom. The molecule has 0 N–H and O–H groups in total. The molecular weight excluding hydrogens is 212 g/mol. The molecule has 2 rings (SSSR count). The van der Waals surface area contributed by atoms with Gasteiger partial charge in [-0.1, -0.05) is 30.8 Å². The summed E-state index contributed by atoms with van der Waals surface area (Å²) in [5.74, 6) is -0.301. The highest BCUT2D eigenvalue weighted by Crippen LogP contribution is 2.33. The van der Waals surface area contributed by atoms with Crippen molar-refractivity contribution in [3.63, 3.8) is 0 Å². The van der Waals surface area contributed by atoms with Gasteiger partial charge in [-0.05, 0) is 18.6 Å². The quantitative estimate of drug-likeness (QED) is 0.739. The zero-order valence-corrected chi connectivity index (χ0v) is 9.25. The van der Waals surface area contributed by atoms with E-state index in [4.69, 9.17) is 9.47 Å².